The first kappa shape index (κ1) is 93.8. The molecule has 6 aromatic rings. The summed E-state index contributed by atoms with van der Waals surface area (Å²) in [7, 11) is 3.28. The molecule has 6 aromatic carbocycles. The third kappa shape index (κ3) is 22.4. The average molecular weight is 1690 g/mol. The van der Waals surface area contributed by atoms with Crippen molar-refractivity contribution in [2.75, 3.05) is 80.5 Å². The summed E-state index contributed by atoms with van der Waals surface area (Å²) in [6.07, 6.45) is -10.6. The second-order valence-corrected chi connectivity index (χ2v) is 30.5. The van der Waals surface area contributed by atoms with E-state index < -0.39 is 93.5 Å². The highest BCUT2D eigenvalue weighted by molar-refractivity contribution is 7.85. The van der Waals surface area contributed by atoms with Gasteiger partial charge in [-0.3, -0.25) is 27.8 Å². The summed E-state index contributed by atoms with van der Waals surface area (Å²) in [5.74, 6) is -2.69. The topological polar surface area (TPSA) is 140 Å². The molecule has 34 heteroatoms. The maximum absolute atomic E-state index is 13.9. The minimum atomic E-state index is -4.74. The third-order valence-electron chi connectivity index (χ3n) is 19.2. The standard InChI is InChI=1S/2C35H37Cl2F4N3O4S.2ClH.4H2S/c2*1-42(31(45)21-35(39,40)41)23-33(25-11-12-29(36)30(37)19-25,43(2)32(46)48-27-9-5-8-26(38)20-27)13-6-16-44-17-14-34(15-18-44)28-10-4-3-7-24(28)22-49(34)47;;;;;;/h2*3-5,7-12,19-20H,6,13-18,21-23H2,1-2H3;2*1H;4*1H2/t2*33-,49?;;;;;;/m11....../s1. The van der Waals surface area contributed by atoms with E-state index in [4.69, 9.17) is 55.9 Å². The van der Waals surface area contributed by atoms with Crippen LogP contribution in [-0.2, 0) is 63.3 Å². The number of likely N-dealkylation sites (tertiary alicyclic amines) is 2. The highest BCUT2D eigenvalue weighted by Crippen LogP contribution is 2.49. The van der Waals surface area contributed by atoms with Gasteiger partial charge in [0.15, 0.2) is 0 Å². The van der Waals surface area contributed by atoms with Gasteiger partial charge in [-0.15, -0.1) is 24.8 Å². The Balaban J connectivity index is 0.000000511. The second kappa shape index (κ2) is 39.8. The zero-order chi connectivity index (χ0) is 71.1. The number of rotatable bonds is 20. The van der Waals surface area contributed by atoms with Crippen molar-refractivity contribution in [1.29, 1.82) is 0 Å². The smallest absolute Gasteiger partial charge is 0.410 e. The minimum Gasteiger partial charge on any atom is -0.410 e. The molecule has 0 bridgehead atoms. The predicted octanol–water partition coefficient (Wildman–Crippen LogP) is 17.1. The molecule has 0 N–H and O–H groups in total. The molecule has 104 heavy (non-hydrogen) atoms. The number of likely N-dealkylation sites (N-methyl/N-ethyl adjacent to an activating group) is 4. The van der Waals surface area contributed by atoms with Crippen LogP contribution in [0.15, 0.2) is 133 Å². The Morgan fingerprint density at radius 2 is 0.817 bits per heavy atom. The van der Waals surface area contributed by atoms with Crippen molar-refractivity contribution in [3.63, 3.8) is 0 Å². The fourth-order valence-electron chi connectivity index (χ4n) is 13.9. The fraction of sp³-hybridized carbons (Fsp3) is 0.429. The van der Waals surface area contributed by atoms with E-state index in [1.807, 2.05) is 36.4 Å². The number of benzene rings is 6. The van der Waals surface area contributed by atoms with Crippen molar-refractivity contribution in [3.8, 4) is 11.5 Å². The van der Waals surface area contributed by atoms with Gasteiger partial charge < -0.3 is 29.1 Å². The van der Waals surface area contributed by atoms with Gasteiger partial charge in [-0.05, 0) is 173 Å². The van der Waals surface area contributed by atoms with E-state index in [0.717, 1.165) is 44.2 Å². The van der Waals surface area contributed by atoms with Crippen LogP contribution in [0.3, 0.4) is 0 Å². The Morgan fingerprint density at radius 1 is 0.481 bits per heavy atom. The first-order chi connectivity index (χ1) is 46.3. The number of carbonyl (C=O) groups is 4. The van der Waals surface area contributed by atoms with Crippen LogP contribution < -0.4 is 9.47 Å². The molecule has 0 aromatic heterocycles. The molecule has 10 rings (SSSR count). The van der Waals surface area contributed by atoms with E-state index in [1.54, 1.807) is 12.1 Å². The lowest BCUT2D eigenvalue weighted by molar-refractivity contribution is -0.163. The molecule has 2 saturated heterocycles. The number of amides is 4. The maximum atomic E-state index is 13.9. The molecule has 4 atom stereocenters. The summed E-state index contributed by atoms with van der Waals surface area (Å²) in [4.78, 5) is 61.9. The van der Waals surface area contributed by atoms with Crippen molar-refractivity contribution < 1.29 is 72.2 Å². The first-order valence-electron chi connectivity index (χ1n) is 31.6. The molecule has 4 heterocycles. The van der Waals surface area contributed by atoms with Gasteiger partial charge >= 0.3 is 24.5 Å². The number of alkyl halides is 6. The van der Waals surface area contributed by atoms with Gasteiger partial charge in [-0.25, -0.2) is 18.4 Å². The van der Waals surface area contributed by atoms with Crippen LogP contribution in [0.4, 0.5) is 44.7 Å². The van der Waals surface area contributed by atoms with E-state index in [1.165, 1.54) is 98.7 Å². The Labute approximate surface area is 666 Å². The zero-order valence-corrected chi connectivity index (χ0v) is 67.3. The van der Waals surface area contributed by atoms with Crippen LogP contribution in [-0.4, -0.2) is 155 Å². The van der Waals surface area contributed by atoms with Crippen molar-refractivity contribution in [1.82, 2.24) is 29.4 Å². The molecule has 4 aliphatic rings. The molecule has 576 valence electrons. The summed E-state index contributed by atoms with van der Waals surface area (Å²) in [6, 6.07) is 35.3. The number of nitrogens with zero attached hydrogens (tertiary/aromatic N) is 6. The number of carbonyl (C=O) groups excluding carboxylic acids is 4. The molecule has 2 fully saturated rings. The number of ether oxygens (including phenoxy) is 2. The number of hydrogen-bond donors (Lipinski definition) is 0. The van der Waals surface area contributed by atoms with Crippen LogP contribution >= 0.6 is 125 Å². The molecule has 0 saturated carbocycles. The Bertz CT molecular complexity index is 3720. The van der Waals surface area contributed by atoms with Gasteiger partial charge in [0.25, 0.3) is 0 Å². The van der Waals surface area contributed by atoms with Gasteiger partial charge in [0.1, 0.15) is 36.0 Å². The Hall–Kier alpha value is -4.40. The molecular weight excluding hydrogens is 1610 g/mol. The van der Waals surface area contributed by atoms with Crippen molar-refractivity contribution in [2.24, 2.45) is 0 Å². The van der Waals surface area contributed by atoms with E-state index in [0.29, 0.717) is 100 Å². The average Bonchev–Trinajstić information content (AvgIpc) is 1.53. The molecular formula is C70H84Cl6F8N6O8S6. The minimum absolute atomic E-state index is 0. The van der Waals surface area contributed by atoms with Crippen molar-refractivity contribution >= 4 is 171 Å². The second-order valence-electron chi connectivity index (χ2n) is 25.3. The number of fused-ring (bicyclic) bond motifs is 4. The van der Waals surface area contributed by atoms with Crippen molar-refractivity contribution in [2.45, 2.75) is 109 Å². The highest BCUT2D eigenvalue weighted by Gasteiger charge is 2.50. The van der Waals surface area contributed by atoms with Gasteiger partial charge in [0.2, 0.25) is 11.8 Å². The maximum Gasteiger partial charge on any atom is 0.415 e. The first-order valence-corrected chi connectivity index (χ1v) is 35.8. The summed E-state index contributed by atoms with van der Waals surface area (Å²) in [5.41, 5.74) is 2.49. The van der Waals surface area contributed by atoms with E-state index >= 15 is 0 Å². The van der Waals surface area contributed by atoms with Crippen LogP contribution in [0, 0.1) is 11.6 Å². The molecule has 2 unspecified atom stereocenters. The summed E-state index contributed by atoms with van der Waals surface area (Å²) in [6.45, 7) is 3.16. The monoisotopic (exact) mass is 1690 g/mol. The van der Waals surface area contributed by atoms with Crippen LogP contribution in [0.1, 0.15) is 97.6 Å². The third-order valence-corrected chi connectivity index (χ3v) is 24.8. The number of halogens is 14. The lowest BCUT2D eigenvalue weighted by Gasteiger charge is -2.45. The van der Waals surface area contributed by atoms with Gasteiger partial charge in [-0.2, -0.15) is 80.3 Å². The molecule has 4 amide bonds. The number of piperidine rings is 2. The normalized spacial score (nSPS) is 17.4. The van der Waals surface area contributed by atoms with Crippen LogP contribution in [0.5, 0.6) is 11.5 Å². The van der Waals surface area contributed by atoms with Gasteiger partial charge in [0, 0.05) is 86.5 Å². The van der Waals surface area contributed by atoms with E-state index in [9.17, 15) is 62.7 Å². The molecule has 4 aliphatic heterocycles. The van der Waals surface area contributed by atoms with Crippen LogP contribution in [0.2, 0.25) is 20.1 Å². The quantitative estimate of drug-likeness (QED) is 0.0679. The Morgan fingerprint density at radius 3 is 1.13 bits per heavy atom. The zero-order valence-electron chi connectivity index (χ0n) is 57.0. The number of hydrogen-bond acceptors (Lipinski definition) is 10. The molecule has 2 spiro atoms. The summed E-state index contributed by atoms with van der Waals surface area (Å²) < 4.78 is 144. The SMILES string of the molecule is CN(C[C@](CCCN1CCC2(CC1)c1ccccc1CS2=O)(c1ccc(Cl)c(Cl)c1)N(C)C(=O)Oc1cccc(F)c1)C(=O)CC(F)(F)F.CN(C[C@](CCCN1CCC2(CC1)c1ccccc1CS2=O)(c1ccc(Cl)c(Cl)c1)N(C)C(=O)Oc1cccc(F)c1)C(=O)CC(F)(F)F.Cl.Cl.S.S.S.S. The molecule has 14 nitrogen and oxygen atoms in total. The van der Waals surface area contributed by atoms with Gasteiger partial charge in [-0.1, -0.05) is 119 Å². The lowest BCUT2D eigenvalue weighted by atomic mass is 9.82. The van der Waals surface area contributed by atoms with E-state index in [-0.39, 0.29) is 146 Å². The van der Waals surface area contributed by atoms with E-state index in [2.05, 4.69) is 21.9 Å². The van der Waals surface area contributed by atoms with Gasteiger partial charge in [0.05, 0.1) is 40.7 Å². The summed E-state index contributed by atoms with van der Waals surface area (Å²) in [5, 5.41) is 0.731. The molecule has 0 aliphatic carbocycles. The predicted molar refractivity (Wildman–Crippen MR) is 419 cm³/mol. The van der Waals surface area contributed by atoms with Crippen LogP contribution in [0.25, 0.3) is 0 Å². The van der Waals surface area contributed by atoms with Crippen molar-refractivity contribution in [3.05, 3.63) is 199 Å². The Kier molecular flexibility index (Phi) is 35.9. The highest BCUT2D eigenvalue weighted by atomic mass is 35.5. The lowest BCUT2D eigenvalue weighted by Crippen LogP contribution is -2.55. The molecule has 0 radical (unpaired) electrons. The fourth-order valence-corrected chi connectivity index (χ4v) is 18.3. The largest absolute Gasteiger partial charge is 0.415 e. The summed E-state index contributed by atoms with van der Waals surface area (Å²) >= 11 is 25.3.